The molecule has 1 unspecified atom stereocenters. The third-order valence-electron chi connectivity index (χ3n) is 3.52. The molecule has 128 valence electrons. The van der Waals surface area contributed by atoms with Crippen LogP contribution in [0.4, 0.5) is 5.69 Å². The van der Waals surface area contributed by atoms with Gasteiger partial charge in [-0.05, 0) is 31.0 Å². The minimum atomic E-state index is -0.189. The quantitative estimate of drug-likeness (QED) is 0.691. The molecule has 0 radical (unpaired) electrons. The van der Waals surface area contributed by atoms with Crippen molar-refractivity contribution >= 4 is 40.7 Å². The maximum Gasteiger partial charge on any atom is 0.279 e. The fourth-order valence-electron chi connectivity index (χ4n) is 1.86. The molecule has 0 heterocycles. The highest BCUT2D eigenvalue weighted by Crippen LogP contribution is 2.24. The van der Waals surface area contributed by atoms with E-state index in [1.54, 1.807) is 25.2 Å². The SMILES string of the molecule is CC(C)[C@@H](C)NC(=O)C[NH+](C)CC(=O)Nc1ccc(Cl)c(Cl)c1. The second-order valence-electron chi connectivity index (χ2n) is 6.09. The number of likely N-dealkylation sites (N-methyl/N-ethyl adjacent to an activating group) is 1. The van der Waals surface area contributed by atoms with Crippen LogP contribution >= 0.6 is 23.2 Å². The molecule has 7 heteroatoms. The molecule has 3 N–H and O–H groups in total. The maximum absolute atomic E-state index is 12.0. The average molecular weight is 361 g/mol. The highest BCUT2D eigenvalue weighted by molar-refractivity contribution is 6.42. The van der Waals surface area contributed by atoms with E-state index >= 15 is 0 Å². The predicted octanol–water partition coefficient (Wildman–Crippen LogP) is 1.61. The van der Waals surface area contributed by atoms with Gasteiger partial charge in [0.15, 0.2) is 13.1 Å². The highest BCUT2D eigenvalue weighted by atomic mass is 35.5. The first kappa shape index (κ1) is 19.7. The molecule has 1 aromatic rings. The van der Waals surface area contributed by atoms with Gasteiger partial charge in [0.1, 0.15) is 0 Å². The minimum Gasteiger partial charge on any atom is -0.348 e. The van der Waals surface area contributed by atoms with E-state index in [2.05, 4.69) is 10.6 Å². The Balaban J connectivity index is 2.44. The van der Waals surface area contributed by atoms with Gasteiger partial charge in [-0.25, -0.2) is 0 Å². The summed E-state index contributed by atoms with van der Waals surface area (Å²) in [6, 6.07) is 5.00. The number of benzene rings is 1. The van der Waals surface area contributed by atoms with Crippen molar-refractivity contribution in [2.24, 2.45) is 5.92 Å². The first-order valence-electron chi connectivity index (χ1n) is 7.54. The van der Waals surface area contributed by atoms with E-state index in [1.807, 2.05) is 20.8 Å². The minimum absolute atomic E-state index is 0.0639. The van der Waals surface area contributed by atoms with Crippen LogP contribution in [0.5, 0.6) is 0 Å². The Morgan fingerprint density at radius 2 is 1.70 bits per heavy atom. The Morgan fingerprint density at radius 3 is 2.26 bits per heavy atom. The smallest absolute Gasteiger partial charge is 0.279 e. The third kappa shape index (κ3) is 7.20. The van der Waals surface area contributed by atoms with E-state index < -0.39 is 0 Å². The van der Waals surface area contributed by atoms with Crippen molar-refractivity contribution in [1.29, 1.82) is 0 Å². The first-order chi connectivity index (χ1) is 10.7. The molecular formula is C16H24Cl2N3O2+. The molecule has 0 fully saturated rings. The molecule has 2 amide bonds. The van der Waals surface area contributed by atoms with Crippen molar-refractivity contribution < 1.29 is 14.5 Å². The summed E-state index contributed by atoms with van der Waals surface area (Å²) in [7, 11) is 1.80. The van der Waals surface area contributed by atoms with Crippen LogP contribution in [0.1, 0.15) is 20.8 Å². The lowest BCUT2D eigenvalue weighted by atomic mass is 10.1. The molecule has 1 aromatic carbocycles. The zero-order valence-electron chi connectivity index (χ0n) is 13.9. The number of hydrogen-bond donors (Lipinski definition) is 3. The molecular weight excluding hydrogens is 337 g/mol. The van der Waals surface area contributed by atoms with Crippen molar-refractivity contribution in [2.45, 2.75) is 26.8 Å². The molecule has 2 atom stereocenters. The van der Waals surface area contributed by atoms with Crippen LogP contribution in [0.2, 0.25) is 10.0 Å². The van der Waals surface area contributed by atoms with Gasteiger partial charge in [0.05, 0.1) is 17.1 Å². The monoisotopic (exact) mass is 360 g/mol. The summed E-state index contributed by atoms with van der Waals surface area (Å²) in [6.45, 7) is 6.49. The second kappa shape index (κ2) is 9.11. The van der Waals surface area contributed by atoms with Crippen molar-refractivity contribution in [3.05, 3.63) is 28.2 Å². The van der Waals surface area contributed by atoms with Gasteiger partial charge in [-0.15, -0.1) is 0 Å². The van der Waals surface area contributed by atoms with E-state index in [4.69, 9.17) is 23.2 Å². The normalized spacial score (nSPS) is 13.5. The summed E-state index contributed by atoms with van der Waals surface area (Å²) in [5.74, 6) is 0.119. The number of nitrogens with one attached hydrogen (secondary N) is 3. The molecule has 0 aliphatic rings. The first-order valence-corrected chi connectivity index (χ1v) is 8.30. The van der Waals surface area contributed by atoms with Crippen molar-refractivity contribution in [1.82, 2.24) is 5.32 Å². The van der Waals surface area contributed by atoms with Crippen LogP contribution in [0.15, 0.2) is 18.2 Å². The van der Waals surface area contributed by atoms with Gasteiger partial charge in [0, 0.05) is 11.7 Å². The van der Waals surface area contributed by atoms with Crippen molar-refractivity contribution in [3.8, 4) is 0 Å². The number of carbonyl (C=O) groups excluding carboxylic acids is 2. The van der Waals surface area contributed by atoms with E-state index in [9.17, 15) is 9.59 Å². The third-order valence-corrected chi connectivity index (χ3v) is 4.26. The fourth-order valence-corrected chi connectivity index (χ4v) is 2.16. The van der Waals surface area contributed by atoms with Gasteiger partial charge < -0.3 is 15.5 Å². The van der Waals surface area contributed by atoms with Crippen LogP contribution in [-0.2, 0) is 9.59 Å². The van der Waals surface area contributed by atoms with Gasteiger partial charge >= 0.3 is 0 Å². The van der Waals surface area contributed by atoms with Crippen LogP contribution in [0, 0.1) is 5.92 Å². The maximum atomic E-state index is 12.0. The lowest BCUT2D eigenvalue weighted by molar-refractivity contribution is -0.862. The van der Waals surface area contributed by atoms with E-state index in [0.29, 0.717) is 21.7 Å². The number of carbonyl (C=O) groups is 2. The molecule has 0 saturated heterocycles. The van der Waals surface area contributed by atoms with Crippen LogP contribution < -0.4 is 15.5 Å². The number of anilines is 1. The molecule has 0 aromatic heterocycles. The van der Waals surface area contributed by atoms with Gasteiger partial charge in [-0.2, -0.15) is 0 Å². The lowest BCUT2D eigenvalue weighted by Gasteiger charge is -2.19. The molecule has 5 nitrogen and oxygen atoms in total. The van der Waals surface area contributed by atoms with Gasteiger partial charge in [-0.3, -0.25) is 9.59 Å². The molecule has 0 aliphatic heterocycles. The van der Waals surface area contributed by atoms with E-state index in [1.165, 1.54) is 0 Å². The zero-order chi connectivity index (χ0) is 17.6. The van der Waals surface area contributed by atoms with Crippen LogP contribution in [0.3, 0.4) is 0 Å². The fraction of sp³-hybridized carbons (Fsp3) is 0.500. The standard InChI is InChI=1S/C16H23Cl2N3O2/c1-10(2)11(3)19-15(22)8-21(4)9-16(23)20-12-5-6-13(17)14(18)7-12/h5-7,10-11H,8-9H2,1-4H3,(H,19,22)(H,20,23)/p+1/t11-/m1/s1. The van der Waals surface area contributed by atoms with Gasteiger partial charge in [0.25, 0.3) is 11.8 Å². The van der Waals surface area contributed by atoms with Gasteiger partial charge in [-0.1, -0.05) is 37.0 Å². The number of quaternary nitrogens is 1. The number of hydrogen-bond acceptors (Lipinski definition) is 2. The summed E-state index contributed by atoms with van der Waals surface area (Å²) in [5, 5.41) is 6.48. The number of amides is 2. The molecule has 0 saturated carbocycles. The number of halogens is 2. The molecule has 1 rings (SSSR count). The topological polar surface area (TPSA) is 62.6 Å². The van der Waals surface area contributed by atoms with Crippen molar-refractivity contribution in [2.75, 3.05) is 25.5 Å². The molecule has 0 aliphatic carbocycles. The summed E-state index contributed by atoms with van der Waals surface area (Å²) in [5.41, 5.74) is 0.579. The van der Waals surface area contributed by atoms with Gasteiger partial charge in [0.2, 0.25) is 0 Å². The summed E-state index contributed by atoms with van der Waals surface area (Å²) >= 11 is 11.7. The Kier molecular flexibility index (Phi) is 7.82. The van der Waals surface area contributed by atoms with E-state index in [-0.39, 0.29) is 30.9 Å². The second-order valence-corrected chi connectivity index (χ2v) is 6.90. The van der Waals surface area contributed by atoms with Crippen LogP contribution in [0.25, 0.3) is 0 Å². The van der Waals surface area contributed by atoms with E-state index in [0.717, 1.165) is 4.90 Å². The Bertz CT molecular complexity index is 564. The lowest BCUT2D eigenvalue weighted by Crippen LogP contribution is -3.11. The molecule has 23 heavy (non-hydrogen) atoms. The number of rotatable bonds is 7. The molecule has 0 bridgehead atoms. The zero-order valence-corrected chi connectivity index (χ0v) is 15.4. The summed E-state index contributed by atoms with van der Waals surface area (Å²) < 4.78 is 0. The molecule has 0 spiro atoms. The summed E-state index contributed by atoms with van der Waals surface area (Å²) in [4.78, 5) is 24.7. The average Bonchev–Trinajstić information content (AvgIpc) is 2.42. The Morgan fingerprint density at radius 1 is 1.09 bits per heavy atom. The largest absolute Gasteiger partial charge is 0.348 e. The van der Waals surface area contributed by atoms with Crippen molar-refractivity contribution in [3.63, 3.8) is 0 Å². The predicted molar refractivity (Wildman–Crippen MR) is 94.2 cm³/mol. The Labute approximate surface area is 147 Å². The van der Waals surface area contributed by atoms with Crippen LogP contribution in [-0.4, -0.2) is 38.0 Å². The Hall–Kier alpha value is -1.30. The highest BCUT2D eigenvalue weighted by Gasteiger charge is 2.17. The summed E-state index contributed by atoms with van der Waals surface area (Å²) in [6.07, 6.45) is 0.